The molecule has 0 saturated carbocycles. The van der Waals surface area contributed by atoms with Crippen LogP contribution in [0.15, 0.2) is 16.7 Å². The fourth-order valence-corrected chi connectivity index (χ4v) is 2.99. The maximum absolute atomic E-state index is 12.0. The lowest BCUT2D eigenvalue weighted by Gasteiger charge is -2.22. The van der Waals surface area contributed by atoms with E-state index in [0.29, 0.717) is 16.9 Å². The average molecular weight is 316 g/mol. The molecular formula is C14H22BrNO2. The van der Waals surface area contributed by atoms with Gasteiger partial charge in [-0.15, -0.1) is 0 Å². The van der Waals surface area contributed by atoms with Gasteiger partial charge in [0.2, 0.25) is 0 Å². The normalized spacial score (nSPS) is 13.4. The van der Waals surface area contributed by atoms with Crippen molar-refractivity contribution < 1.29 is 9.21 Å². The summed E-state index contributed by atoms with van der Waals surface area (Å²) in [5.74, 6) is 0.688. The van der Waals surface area contributed by atoms with Crippen LogP contribution in [-0.4, -0.2) is 17.3 Å². The van der Waals surface area contributed by atoms with Crippen molar-refractivity contribution in [2.45, 2.75) is 45.4 Å². The number of rotatable bonds is 5. The molecule has 1 rings (SSSR count). The van der Waals surface area contributed by atoms with Gasteiger partial charge in [0.05, 0.1) is 11.8 Å². The molecule has 0 aliphatic rings. The topological polar surface area (TPSA) is 42.2 Å². The van der Waals surface area contributed by atoms with E-state index >= 15 is 0 Å². The summed E-state index contributed by atoms with van der Waals surface area (Å²) in [5, 5.41) is 2.94. The highest BCUT2D eigenvalue weighted by Gasteiger charge is 2.18. The third-order valence-corrected chi connectivity index (χ3v) is 3.28. The molecule has 1 aromatic rings. The average Bonchev–Trinajstić information content (AvgIpc) is 2.71. The minimum atomic E-state index is -0.0565. The number of hydrogen-bond donors (Lipinski definition) is 1. The van der Waals surface area contributed by atoms with Crippen LogP contribution >= 0.6 is 15.9 Å². The molecule has 0 spiro atoms. The standard InChI is InChI=1S/C14H22BrNO2/c1-5-12-11(6-7-18-12)13(17)16-9-10(15)8-14(2,3)4/h6-7,10H,5,8-9H2,1-4H3,(H,16,17). The lowest BCUT2D eigenvalue weighted by Crippen LogP contribution is -2.31. The monoisotopic (exact) mass is 315 g/mol. The van der Waals surface area contributed by atoms with Crippen molar-refractivity contribution in [3.8, 4) is 0 Å². The van der Waals surface area contributed by atoms with Crippen LogP contribution < -0.4 is 5.32 Å². The van der Waals surface area contributed by atoms with Crippen molar-refractivity contribution in [1.29, 1.82) is 0 Å². The molecule has 18 heavy (non-hydrogen) atoms. The van der Waals surface area contributed by atoms with Crippen molar-refractivity contribution >= 4 is 21.8 Å². The molecule has 0 radical (unpaired) electrons. The second-order valence-electron chi connectivity index (χ2n) is 5.68. The van der Waals surface area contributed by atoms with Gasteiger partial charge in [-0.2, -0.15) is 0 Å². The summed E-state index contributed by atoms with van der Waals surface area (Å²) in [4.78, 5) is 12.3. The zero-order valence-electron chi connectivity index (χ0n) is 11.5. The van der Waals surface area contributed by atoms with Crippen molar-refractivity contribution in [3.05, 3.63) is 23.7 Å². The van der Waals surface area contributed by atoms with Crippen LogP contribution in [-0.2, 0) is 6.42 Å². The second kappa shape index (κ2) is 6.41. The molecule has 0 fully saturated rings. The molecule has 0 saturated heterocycles. The number of nitrogens with one attached hydrogen (secondary N) is 1. The largest absolute Gasteiger partial charge is 0.469 e. The summed E-state index contributed by atoms with van der Waals surface area (Å²) < 4.78 is 5.25. The number of furan rings is 1. The minimum absolute atomic E-state index is 0.0565. The van der Waals surface area contributed by atoms with Crippen LogP contribution in [0.1, 0.15) is 50.2 Å². The lowest BCUT2D eigenvalue weighted by atomic mass is 9.90. The Balaban J connectivity index is 2.47. The molecule has 0 aromatic carbocycles. The smallest absolute Gasteiger partial charge is 0.254 e. The highest BCUT2D eigenvalue weighted by Crippen LogP contribution is 2.24. The van der Waals surface area contributed by atoms with Gasteiger partial charge in [0, 0.05) is 17.8 Å². The highest BCUT2D eigenvalue weighted by molar-refractivity contribution is 9.09. The summed E-state index contributed by atoms with van der Waals surface area (Å²) in [6.45, 7) is 9.17. The first-order valence-corrected chi connectivity index (χ1v) is 7.23. The molecule has 3 nitrogen and oxygen atoms in total. The number of amides is 1. The van der Waals surface area contributed by atoms with E-state index in [1.807, 2.05) is 6.92 Å². The van der Waals surface area contributed by atoms with Crippen LogP contribution in [0.3, 0.4) is 0 Å². The van der Waals surface area contributed by atoms with Gasteiger partial charge in [0.15, 0.2) is 0 Å². The van der Waals surface area contributed by atoms with Crippen LogP contribution in [0.5, 0.6) is 0 Å². The van der Waals surface area contributed by atoms with Crippen LogP contribution in [0.4, 0.5) is 0 Å². The molecule has 1 amide bonds. The van der Waals surface area contributed by atoms with E-state index in [0.717, 1.165) is 18.6 Å². The van der Waals surface area contributed by atoms with Crippen LogP contribution in [0, 0.1) is 5.41 Å². The highest BCUT2D eigenvalue weighted by atomic mass is 79.9. The molecule has 0 aliphatic heterocycles. The van der Waals surface area contributed by atoms with Crippen LogP contribution in [0.25, 0.3) is 0 Å². The fourth-order valence-electron chi connectivity index (χ4n) is 1.85. The van der Waals surface area contributed by atoms with Gasteiger partial charge in [-0.05, 0) is 17.9 Å². The summed E-state index contributed by atoms with van der Waals surface area (Å²) in [5.41, 5.74) is 0.899. The van der Waals surface area contributed by atoms with Crippen molar-refractivity contribution in [3.63, 3.8) is 0 Å². The lowest BCUT2D eigenvalue weighted by molar-refractivity contribution is 0.0950. The Bertz CT molecular complexity index is 393. The van der Waals surface area contributed by atoms with Crippen LogP contribution in [0.2, 0.25) is 0 Å². The molecular weight excluding hydrogens is 294 g/mol. The summed E-state index contributed by atoms with van der Waals surface area (Å²) >= 11 is 3.60. The first-order chi connectivity index (χ1) is 8.33. The molecule has 4 heteroatoms. The van der Waals surface area contributed by atoms with Gasteiger partial charge < -0.3 is 9.73 Å². The van der Waals surface area contributed by atoms with Gasteiger partial charge >= 0.3 is 0 Å². The Morgan fingerprint density at radius 2 is 2.17 bits per heavy atom. The Labute approximate surface area is 117 Å². The second-order valence-corrected chi connectivity index (χ2v) is 6.98. The van der Waals surface area contributed by atoms with E-state index < -0.39 is 0 Å². The van der Waals surface area contributed by atoms with E-state index in [9.17, 15) is 4.79 Å². The third kappa shape index (κ3) is 4.84. The van der Waals surface area contributed by atoms with Gasteiger partial charge in [0.1, 0.15) is 5.76 Å². The van der Waals surface area contributed by atoms with Gasteiger partial charge in [-0.1, -0.05) is 43.6 Å². The third-order valence-electron chi connectivity index (χ3n) is 2.63. The fraction of sp³-hybridized carbons (Fsp3) is 0.643. The number of carbonyl (C=O) groups is 1. The Morgan fingerprint density at radius 1 is 1.50 bits per heavy atom. The van der Waals surface area contributed by atoms with E-state index in [1.165, 1.54) is 0 Å². The van der Waals surface area contributed by atoms with Gasteiger partial charge in [0.25, 0.3) is 5.91 Å². The van der Waals surface area contributed by atoms with Gasteiger partial charge in [-0.25, -0.2) is 0 Å². The van der Waals surface area contributed by atoms with Crippen molar-refractivity contribution in [2.75, 3.05) is 6.54 Å². The van der Waals surface area contributed by atoms with E-state index in [4.69, 9.17) is 4.42 Å². The molecule has 1 unspecified atom stereocenters. The van der Waals surface area contributed by atoms with Crippen molar-refractivity contribution in [2.24, 2.45) is 5.41 Å². The predicted octanol–water partition coefficient (Wildman–Crippen LogP) is 3.77. The molecule has 1 heterocycles. The van der Waals surface area contributed by atoms with E-state index in [2.05, 4.69) is 42.0 Å². The summed E-state index contributed by atoms with van der Waals surface area (Å²) in [7, 11) is 0. The van der Waals surface area contributed by atoms with E-state index in [-0.39, 0.29) is 11.3 Å². The minimum Gasteiger partial charge on any atom is -0.469 e. The Kier molecular flexibility index (Phi) is 5.45. The molecule has 1 N–H and O–H groups in total. The predicted molar refractivity (Wildman–Crippen MR) is 77.2 cm³/mol. The number of halogens is 1. The van der Waals surface area contributed by atoms with Crippen molar-refractivity contribution in [1.82, 2.24) is 5.32 Å². The molecule has 102 valence electrons. The zero-order chi connectivity index (χ0) is 13.8. The Morgan fingerprint density at radius 3 is 2.72 bits per heavy atom. The first kappa shape index (κ1) is 15.3. The van der Waals surface area contributed by atoms with Gasteiger partial charge in [-0.3, -0.25) is 4.79 Å². The maximum Gasteiger partial charge on any atom is 0.254 e. The molecule has 1 atom stereocenters. The van der Waals surface area contributed by atoms with E-state index in [1.54, 1.807) is 12.3 Å². The maximum atomic E-state index is 12.0. The first-order valence-electron chi connectivity index (χ1n) is 6.32. The molecule has 1 aromatic heterocycles. The number of hydrogen-bond acceptors (Lipinski definition) is 2. The summed E-state index contributed by atoms with van der Waals surface area (Å²) in [6, 6.07) is 1.72. The molecule has 0 bridgehead atoms. The molecule has 0 aliphatic carbocycles. The quantitative estimate of drug-likeness (QED) is 0.840. The number of carbonyl (C=O) groups excluding carboxylic acids is 1. The number of aryl methyl sites for hydroxylation is 1. The number of alkyl halides is 1. The zero-order valence-corrected chi connectivity index (χ0v) is 13.1. The summed E-state index contributed by atoms with van der Waals surface area (Å²) in [6.07, 6.45) is 3.31. The SMILES string of the molecule is CCc1occc1C(=O)NCC(Br)CC(C)(C)C. The Hall–Kier alpha value is -0.770.